The maximum absolute atomic E-state index is 12.2. The highest BCUT2D eigenvalue weighted by molar-refractivity contribution is 7.99. The lowest BCUT2D eigenvalue weighted by atomic mass is 10.0. The van der Waals surface area contributed by atoms with Crippen LogP contribution in [0.2, 0.25) is 0 Å². The third-order valence-electron chi connectivity index (χ3n) is 4.03. The average Bonchev–Trinajstić information content (AvgIpc) is 2.69. The molecule has 0 bridgehead atoms. The van der Waals surface area contributed by atoms with Crippen LogP contribution in [-0.4, -0.2) is 31.7 Å². The summed E-state index contributed by atoms with van der Waals surface area (Å²) >= 11 is 1.57. The Bertz CT molecular complexity index is 744. The normalized spacial score (nSPS) is 14.6. The first kappa shape index (κ1) is 18.5. The first-order chi connectivity index (χ1) is 12.7. The number of anilines is 1. The number of nitrogens with one attached hydrogen (secondary N) is 1. The van der Waals surface area contributed by atoms with Gasteiger partial charge in [0, 0.05) is 23.0 Å². The molecule has 0 unspecified atom stereocenters. The minimum Gasteiger partial charge on any atom is -0.455 e. The molecule has 5 nitrogen and oxygen atoms in total. The van der Waals surface area contributed by atoms with Gasteiger partial charge in [-0.2, -0.15) is 0 Å². The molecule has 1 aliphatic heterocycles. The number of esters is 1. The van der Waals surface area contributed by atoms with Crippen LogP contribution in [0.1, 0.15) is 12.8 Å². The van der Waals surface area contributed by atoms with Gasteiger partial charge in [-0.05, 0) is 37.1 Å². The number of benzene rings is 2. The van der Waals surface area contributed by atoms with E-state index >= 15 is 0 Å². The summed E-state index contributed by atoms with van der Waals surface area (Å²) in [5.74, 6) is -0.834. The minimum atomic E-state index is -0.341. The number of ether oxygens (including phenoxy) is 2. The molecule has 1 aliphatic rings. The summed E-state index contributed by atoms with van der Waals surface area (Å²) < 4.78 is 10.4. The molecule has 0 saturated carbocycles. The topological polar surface area (TPSA) is 64.6 Å². The first-order valence-corrected chi connectivity index (χ1v) is 9.40. The average molecular weight is 371 g/mol. The van der Waals surface area contributed by atoms with Gasteiger partial charge in [0.1, 0.15) is 0 Å². The molecule has 2 aromatic rings. The Morgan fingerprint density at radius 1 is 1.04 bits per heavy atom. The highest BCUT2D eigenvalue weighted by atomic mass is 32.2. The van der Waals surface area contributed by atoms with E-state index in [0.717, 1.165) is 9.79 Å². The first-order valence-electron chi connectivity index (χ1n) is 8.58. The Kier molecular flexibility index (Phi) is 6.68. The van der Waals surface area contributed by atoms with Crippen LogP contribution in [0.3, 0.4) is 0 Å². The van der Waals surface area contributed by atoms with Gasteiger partial charge in [0.25, 0.3) is 5.91 Å². The van der Waals surface area contributed by atoms with E-state index < -0.39 is 0 Å². The van der Waals surface area contributed by atoms with Crippen molar-refractivity contribution in [3.63, 3.8) is 0 Å². The summed E-state index contributed by atoms with van der Waals surface area (Å²) in [6.45, 7) is 0.854. The maximum atomic E-state index is 12.2. The predicted octanol–water partition coefficient (Wildman–Crippen LogP) is 3.75. The highest BCUT2D eigenvalue weighted by Crippen LogP contribution is 2.33. The quantitative estimate of drug-likeness (QED) is 0.784. The lowest BCUT2D eigenvalue weighted by Gasteiger charge is -2.20. The van der Waals surface area contributed by atoms with E-state index in [-0.39, 0.29) is 24.4 Å². The van der Waals surface area contributed by atoms with E-state index in [1.807, 2.05) is 54.6 Å². The number of carbonyl (C=O) groups is 2. The summed E-state index contributed by atoms with van der Waals surface area (Å²) in [6, 6.07) is 17.5. The molecular weight excluding hydrogens is 350 g/mol. The van der Waals surface area contributed by atoms with Crippen molar-refractivity contribution in [1.82, 2.24) is 0 Å². The van der Waals surface area contributed by atoms with Crippen molar-refractivity contribution in [2.45, 2.75) is 22.6 Å². The van der Waals surface area contributed by atoms with E-state index in [2.05, 4.69) is 5.32 Å². The fraction of sp³-hybridized carbons (Fsp3) is 0.300. The predicted molar refractivity (Wildman–Crippen MR) is 100 cm³/mol. The third kappa shape index (κ3) is 5.34. The van der Waals surface area contributed by atoms with Gasteiger partial charge in [0.15, 0.2) is 6.61 Å². The fourth-order valence-electron chi connectivity index (χ4n) is 2.65. The van der Waals surface area contributed by atoms with E-state index in [1.165, 1.54) is 0 Å². The van der Waals surface area contributed by atoms with Crippen LogP contribution in [0.4, 0.5) is 5.69 Å². The largest absolute Gasteiger partial charge is 0.455 e. The number of hydrogen-bond acceptors (Lipinski definition) is 5. The number of para-hydroxylation sites is 1. The van der Waals surface area contributed by atoms with Crippen molar-refractivity contribution in [3.05, 3.63) is 54.6 Å². The Morgan fingerprint density at radius 2 is 1.73 bits per heavy atom. The highest BCUT2D eigenvalue weighted by Gasteiger charge is 2.23. The van der Waals surface area contributed by atoms with Gasteiger partial charge in [0.05, 0.1) is 11.6 Å². The summed E-state index contributed by atoms with van der Waals surface area (Å²) in [5, 5.41) is 2.83. The molecule has 136 valence electrons. The lowest BCUT2D eigenvalue weighted by Crippen LogP contribution is -2.28. The lowest BCUT2D eigenvalue weighted by molar-refractivity contribution is -0.154. The van der Waals surface area contributed by atoms with Crippen molar-refractivity contribution >= 4 is 29.3 Å². The van der Waals surface area contributed by atoms with E-state index in [1.54, 1.807) is 11.8 Å². The summed E-state index contributed by atoms with van der Waals surface area (Å²) in [4.78, 5) is 26.2. The van der Waals surface area contributed by atoms with Gasteiger partial charge in [-0.3, -0.25) is 9.59 Å². The van der Waals surface area contributed by atoms with Crippen LogP contribution in [-0.2, 0) is 19.1 Å². The van der Waals surface area contributed by atoms with Crippen LogP contribution in [0.25, 0.3) is 0 Å². The van der Waals surface area contributed by atoms with Gasteiger partial charge < -0.3 is 14.8 Å². The summed E-state index contributed by atoms with van der Waals surface area (Å²) in [7, 11) is 0. The molecular formula is C20H21NO4S. The van der Waals surface area contributed by atoms with E-state index in [9.17, 15) is 9.59 Å². The van der Waals surface area contributed by atoms with Crippen molar-refractivity contribution in [3.8, 4) is 0 Å². The van der Waals surface area contributed by atoms with Gasteiger partial charge in [-0.15, -0.1) is 0 Å². The number of carbonyl (C=O) groups excluding carboxylic acids is 2. The zero-order chi connectivity index (χ0) is 18.2. The molecule has 26 heavy (non-hydrogen) atoms. The van der Waals surface area contributed by atoms with Crippen LogP contribution in [0.15, 0.2) is 64.4 Å². The fourth-order valence-corrected chi connectivity index (χ4v) is 3.57. The molecule has 1 N–H and O–H groups in total. The molecule has 0 aromatic heterocycles. The van der Waals surface area contributed by atoms with Crippen LogP contribution in [0.5, 0.6) is 0 Å². The van der Waals surface area contributed by atoms with Crippen molar-refractivity contribution < 1.29 is 19.1 Å². The summed E-state index contributed by atoms with van der Waals surface area (Å²) in [6.07, 6.45) is 1.30. The SMILES string of the molecule is O=C(COC(=O)C1CCOCC1)Nc1ccccc1Sc1ccccc1. The van der Waals surface area contributed by atoms with Crippen LogP contribution < -0.4 is 5.32 Å². The Labute approximate surface area is 157 Å². The van der Waals surface area contributed by atoms with E-state index in [0.29, 0.717) is 31.7 Å². The van der Waals surface area contributed by atoms with Crippen molar-refractivity contribution in [1.29, 1.82) is 0 Å². The second kappa shape index (κ2) is 9.40. The monoisotopic (exact) mass is 371 g/mol. The molecule has 1 fully saturated rings. The third-order valence-corrected chi connectivity index (χ3v) is 5.12. The van der Waals surface area contributed by atoms with Crippen molar-refractivity contribution in [2.24, 2.45) is 5.92 Å². The molecule has 0 radical (unpaired) electrons. The molecule has 2 aromatic carbocycles. The van der Waals surface area contributed by atoms with Gasteiger partial charge in [0.2, 0.25) is 0 Å². The van der Waals surface area contributed by atoms with Crippen LogP contribution in [0, 0.1) is 5.92 Å². The summed E-state index contributed by atoms with van der Waals surface area (Å²) in [5.41, 5.74) is 0.702. The molecule has 1 saturated heterocycles. The smallest absolute Gasteiger partial charge is 0.309 e. The zero-order valence-electron chi connectivity index (χ0n) is 14.4. The number of rotatable bonds is 6. The molecule has 0 aliphatic carbocycles. The second-order valence-electron chi connectivity index (χ2n) is 5.95. The zero-order valence-corrected chi connectivity index (χ0v) is 15.2. The Balaban J connectivity index is 1.55. The molecule has 6 heteroatoms. The maximum Gasteiger partial charge on any atom is 0.309 e. The van der Waals surface area contributed by atoms with E-state index in [4.69, 9.17) is 9.47 Å². The molecule has 1 heterocycles. The number of hydrogen-bond donors (Lipinski definition) is 1. The van der Waals surface area contributed by atoms with Gasteiger partial charge in [-0.25, -0.2) is 0 Å². The minimum absolute atomic E-state index is 0.169. The van der Waals surface area contributed by atoms with Crippen molar-refractivity contribution in [2.75, 3.05) is 25.1 Å². The van der Waals surface area contributed by atoms with Gasteiger partial charge in [-0.1, -0.05) is 42.1 Å². The molecule has 3 rings (SSSR count). The Morgan fingerprint density at radius 3 is 2.50 bits per heavy atom. The molecule has 1 amide bonds. The number of amides is 1. The molecule has 0 spiro atoms. The van der Waals surface area contributed by atoms with Gasteiger partial charge >= 0.3 is 5.97 Å². The molecule has 0 atom stereocenters. The standard InChI is InChI=1S/C20H21NO4S/c22-19(14-25-20(23)15-10-12-24-13-11-15)21-17-8-4-5-9-18(17)26-16-6-2-1-3-7-16/h1-9,15H,10-14H2,(H,21,22). The van der Waals surface area contributed by atoms with Crippen LogP contribution >= 0.6 is 11.8 Å². The Hall–Kier alpha value is -2.31. The second-order valence-corrected chi connectivity index (χ2v) is 7.07.